The van der Waals surface area contributed by atoms with Crippen LogP contribution >= 0.6 is 0 Å². The molecule has 2 aromatic carbocycles. The van der Waals surface area contributed by atoms with Crippen LogP contribution in [-0.4, -0.2) is 74.5 Å². The first-order valence-electron chi connectivity index (χ1n) is 12.0. The number of nitrogens with zero attached hydrogens (tertiary/aromatic N) is 4. The van der Waals surface area contributed by atoms with Gasteiger partial charge in [-0.3, -0.25) is 9.59 Å². The first-order valence-corrected chi connectivity index (χ1v) is 13.5. The summed E-state index contributed by atoms with van der Waals surface area (Å²) in [6.07, 6.45) is 1.54. The van der Waals surface area contributed by atoms with Gasteiger partial charge in [-0.25, -0.2) is 8.42 Å². The van der Waals surface area contributed by atoms with E-state index in [0.717, 1.165) is 11.4 Å². The fourth-order valence-electron chi connectivity index (χ4n) is 4.63. The molecule has 0 aliphatic carbocycles. The highest BCUT2D eigenvalue weighted by Crippen LogP contribution is 2.23. The SMILES string of the molecule is CCN(CC)S(=O)(=O)c1ccc2c(c1)c(=O)c(C(=O)N1CCN(c3ccc(OC)cc3)CC1)cn2C. The fraction of sp³-hybridized carbons (Fsp3) is 0.385. The molecule has 0 saturated carbocycles. The molecular formula is C26H32N4O5S. The normalized spacial score (nSPS) is 14.5. The molecule has 3 aromatic rings. The van der Waals surface area contributed by atoms with Crippen LogP contribution in [0, 0.1) is 0 Å². The molecular weight excluding hydrogens is 480 g/mol. The number of rotatable bonds is 7. The number of ether oxygens (including phenoxy) is 1. The Balaban J connectivity index is 1.60. The molecule has 4 rings (SSSR count). The number of aryl methyl sites for hydroxylation is 1. The Bertz CT molecular complexity index is 1420. The summed E-state index contributed by atoms with van der Waals surface area (Å²) in [6, 6.07) is 12.3. The van der Waals surface area contributed by atoms with Gasteiger partial charge in [0.25, 0.3) is 5.91 Å². The predicted molar refractivity (Wildman–Crippen MR) is 140 cm³/mol. The minimum Gasteiger partial charge on any atom is -0.497 e. The topological polar surface area (TPSA) is 92.2 Å². The van der Waals surface area contributed by atoms with Crippen molar-refractivity contribution in [1.82, 2.24) is 13.8 Å². The molecule has 10 heteroatoms. The van der Waals surface area contributed by atoms with Gasteiger partial charge in [-0.15, -0.1) is 0 Å². The lowest BCUT2D eigenvalue weighted by Gasteiger charge is -2.36. The molecule has 1 saturated heterocycles. The Labute approximate surface area is 211 Å². The van der Waals surface area contributed by atoms with Crippen LogP contribution in [0.5, 0.6) is 5.75 Å². The minimum atomic E-state index is -3.74. The van der Waals surface area contributed by atoms with Gasteiger partial charge in [-0.1, -0.05) is 13.8 Å². The number of anilines is 1. The zero-order chi connectivity index (χ0) is 26.0. The van der Waals surface area contributed by atoms with Crippen molar-refractivity contribution in [3.05, 3.63) is 64.4 Å². The first-order chi connectivity index (χ1) is 17.2. The molecule has 192 valence electrons. The summed E-state index contributed by atoms with van der Waals surface area (Å²) < 4.78 is 34.3. The van der Waals surface area contributed by atoms with Gasteiger partial charge < -0.3 is 19.1 Å². The smallest absolute Gasteiger partial charge is 0.259 e. The van der Waals surface area contributed by atoms with Crippen LogP contribution in [0.4, 0.5) is 5.69 Å². The monoisotopic (exact) mass is 512 g/mol. The summed E-state index contributed by atoms with van der Waals surface area (Å²) in [5.41, 5.74) is 1.20. The van der Waals surface area contributed by atoms with Crippen LogP contribution in [0.25, 0.3) is 10.9 Å². The summed E-state index contributed by atoms with van der Waals surface area (Å²) in [5, 5.41) is 0.216. The lowest BCUT2D eigenvalue weighted by molar-refractivity contribution is 0.0745. The van der Waals surface area contributed by atoms with Crippen LogP contribution in [0.2, 0.25) is 0 Å². The van der Waals surface area contributed by atoms with Gasteiger partial charge in [0.2, 0.25) is 15.5 Å². The van der Waals surface area contributed by atoms with E-state index in [1.165, 1.54) is 16.4 Å². The Kier molecular flexibility index (Phi) is 7.37. The van der Waals surface area contributed by atoms with Crippen molar-refractivity contribution in [1.29, 1.82) is 0 Å². The molecule has 0 spiro atoms. The predicted octanol–water partition coefficient (Wildman–Crippen LogP) is 2.54. The highest BCUT2D eigenvalue weighted by Gasteiger charge is 2.27. The molecule has 0 atom stereocenters. The molecule has 1 amide bonds. The van der Waals surface area contributed by atoms with Gasteiger partial charge >= 0.3 is 0 Å². The lowest BCUT2D eigenvalue weighted by atomic mass is 10.1. The van der Waals surface area contributed by atoms with E-state index < -0.39 is 15.5 Å². The zero-order valence-electron chi connectivity index (χ0n) is 21.1. The van der Waals surface area contributed by atoms with Crippen molar-refractivity contribution >= 4 is 32.5 Å². The maximum absolute atomic E-state index is 13.4. The van der Waals surface area contributed by atoms with Crippen molar-refractivity contribution < 1.29 is 17.9 Å². The summed E-state index contributed by atoms with van der Waals surface area (Å²) in [5.74, 6) is 0.441. The molecule has 0 N–H and O–H groups in total. The second-order valence-corrected chi connectivity index (χ2v) is 10.7. The Hall–Kier alpha value is -3.37. The van der Waals surface area contributed by atoms with Crippen molar-refractivity contribution in [2.45, 2.75) is 18.7 Å². The highest BCUT2D eigenvalue weighted by molar-refractivity contribution is 7.89. The standard InChI is InChI=1S/C26H32N4O5S/c1-5-30(6-2)36(33,34)21-11-12-24-22(17-21)25(31)23(18-27(24)3)26(32)29-15-13-28(14-16-29)19-7-9-20(35-4)10-8-19/h7-12,17-18H,5-6,13-16H2,1-4H3. The number of amides is 1. The van der Waals surface area contributed by atoms with Crippen LogP contribution in [0.15, 0.2) is 58.4 Å². The van der Waals surface area contributed by atoms with Gasteiger partial charge in [0.05, 0.1) is 17.5 Å². The number of fused-ring (bicyclic) bond motifs is 1. The molecule has 0 bridgehead atoms. The van der Waals surface area contributed by atoms with E-state index in [2.05, 4.69) is 4.90 Å². The van der Waals surface area contributed by atoms with E-state index in [0.29, 0.717) is 44.8 Å². The molecule has 1 fully saturated rings. The third-order valence-electron chi connectivity index (χ3n) is 6.74. The molecule has 2 heterocycles. The minimum absolute atomic E-state index is 0.0419. The number of methoxy groups -OCH3 is 1. The third kappa shape index (κ3) is 4.70. The number of carbonyl (C=O) groups excluding carboxylic acids is 1. The maximum atomic E-state index is 13.4. The Morgan fingerprint density at radius 1 is 1.00 bits per heavy atom. The molecule has 1 aliphatic rings. The van der Waals surface area contributed by atoms with E-state index in [-0.39, 0.29) is 21.8 Å². The van der Waals surface area contributed by atoms with Gasteiger partial charge in [0, 0.05) is 63.6 Å². The average molecular weight is 513 g/mol. The second-order valence-electron chi connectivity index (χ2n) is 8.73. The van der Waals surface area contributed by atoms with Crippen molar-refractivity contribution in [2.75, 3.05) is 51.3 Å². The molecule has 36 heavy (non-hydrogen) atoms. The van der Waals surface area contributed by atoms with E-state index >= 15 is 0 Å². The van der Waals surface area contributed by atoms with Crippen LogP contribution < -0.4 is 15.1 Å². The number of carbonyl (C=O) groups is 1. The molecule has 1 aromatic heterocycles. The highest BCUT2D eigenvalue weighted by atomic mass is 32.2. The maximum Gasteiger partial charge on any atom is 0.259 e. The van der Waals surface area contributed by atoms with Gasteiger partial charge in [-0.2, -0.15) is 4.31 Å². The second kappa shape index (κ2) is 10.3. The van der Waals surface area contributed by atoms with E-state index in [1.54, 1.807) is 49.7 Å². The summed E-state index contributed by atoms with van der Waals surface area (Å²) in [6.45, 7) is 6.42. The van der Waals surface area contributed by atoms with Crippen molar-refractivity contribution in [2.24, 2.45) is 7.05 Å². The van der Waals surface area contributed by atoms with Gasteiger partial charge in [0.15, 0.2) is 0 Å². The fourth-order valence-corrected chi connectivity index (χ4v) is 6.11. The molecule has 9 nitrogen and oxygen atoms in total. The van der Waals surface area contributed by atoms with E-state index in [9.17, 15) is 18.0 Å². The zero-order valence-corrected chi connectivity index (χ0v) is 21.9. The number of aromatic nitrogens is 1. The van der Waals surface area contributed by atoms with Crippen LogP contribution in [0.1, 0.15) is 24.2 Å². The molecule has 1 aliphatic heterocycles. The third-order valence-corrected chi connectivity index (χ3v) is 8.78. The Morgan fingerprint density at radius 2 is 1.64 bits per heavy atom. The number of hydrogen-bond acceptors (Lipinski definition) is 6. The summed E-state index contributed by atoms with van der Waals surface area (Å²) >= 11 is 0. The van der Waals surface area contributed by atoms with Gasteiger partial charge in [-0.05, 0) is 42.5 Å². The van der Waals surface area contributed by atoms with Crippen LogP contribution in [0.3, 0.4) is 0 Å². The summed E-state index contributed by atoms with van der Waals surface area (Å²) in [7, 11) is -0.361. The largest absolute Gasteiger partial charge is 0.497 e. The van der Waals surface area contributed by atoms with Gasteiger partial charge in [0.1, 0.15) is 11.3 Å². The number of piperazine rings is 1. The quantitative estimate of drug-likeness (QED) is 0.483. The van der Waals surface area contributed by atoms with E-state index in [4.69, 9.17) is 4.74 Å². The number of sulfonamides is 1. The van der Waals surface area contributed by atoms with E-state index in [1.807, 2.05) is 24.3 Å². The first kappa shape index (κ1) is 25.7. The molecule has 0 radical (unpaired) electrons. The lowest BCUT2D eigenvalue weighted by Crippen LogP contribution is -2.49. The number of hydrogen-bond donors (Lipinski definition) is 0. The number of benzene rings is 2. The van der Waals surface area contributed by atoms with Crippen molar-refractivity contribution in [3.63, 3.8) is 0 Å². The van der Waals surface area contributed by atoms with Crippen LogP contribution in [-0.2, 0) is 17.1 Å². The summed E-state index contributed by atoms with van der Waals surface area (Å²) in [4.78, 5) is 30.7. The average Bonchev–Trinajstić information content (AvgIpc) is 2.90. The Morgan fingerprint density at radius 3 is 2.22 bits per heavy atom. The van der Waals surface area contributed by atoms with Crippen molar-refractivity contribution in [3.8, 4) is 5.75 Å². The molecule has 0 unspecified atom stereocenters. The number of pyridine rings is 1.